The predicted octanol–water partition coefficient (Wildman–Crippen LogP) is 1.68. The highest BCUT2D eigenvalue weighted by Crippen LogP contribution is 2.22. The van der Waals surface area contributed by atoms with Gasteiger partial charge in [0.25, 0.3) is 0 Å². The van der Waals surface area contributed by atoms with Crippen LogP contribution in [0.15, 0.2) is 29.3 Å². The van der Waals surface area contributed by atoms with Crippen LogP contribution in [0.2, 0.25) is 0 Å². The van der Waals surface area contributed by atoms with Crippen molar-refractivity contribution in [2.24, 2.45) is 4.99 Å². The summed E-state index contributed by atoms with van der Waals surface area (Å²) in [6, 6.07) is 8.41. The largest absolute Gasteiger partial charge is 0.356 e. The molecule has 2 aliphatic rings. The van der Waals surface area contributed by atoms with Crippen molar-refractivity contribution >= 4 is 21.9 Å². The second-order valence-corrected chi connectivity index (χ2v) is 10.3. The zero-order valence-electron chi connectivity index (χ0n) is 18.6. The Balaban J connectivity index is 1.34. The molecule has 3 rings (SSSR count). The molecule has 0 aromatic heterocycles. The number of benzene rings is 1. The molecule has 172 valence electrons. The number of piperidine rings is 1. The van der Waals surface area contributed by atoms with E-state index in [1.54, 1.807) is 11.4 Å². The molecule has 0 unspecified atom stereocenters. The summed E-state index contributed by atoms with van der Waals surface area (Å²) in [5.74, 6) is 1.11. The van der Waals surface area contributed by atoms with Gasteiger partial charge in [-0.1, -0.05) is 31.2 Å². The number of carbonyl (C=O) groups is 1. The molecule has 1 amide bonds. The van der Waals surface area contributed by atoms with Crippen LogP contribution in [-0.4, -0.2) is 68.0 Å². The third kappa shape index (κ3) is 6.43. The van der Waals surface area contributed by atoms with Crippen LogP contribution in [0.4, 0.5) is 0 Å². The lowest BCUT2D eigenvalue weighted by Crippen LogP contribution is -2.50. The van der Waals surface area contributed by atoms with Crippen molar-refractivity contribution in [3.05, 3.63) is 35.4 Å². The number of sulfonamides is 1. The van der Waals surface area contributed by atoms with Crippen molar-refractivity contribution < 1.29 is 13.2 Å². The molecule has 9 heteroatoms. The van der Waals surface area contributed by atoms with Gasteiger partial charge in [0.1, 0.15) is 0 Å². The molecule has 1 saturated heterocycles. The van der Waals surface area contributed by atoms with E-state index in [4.69, 9.17) is 0 Å². The second kappa shape index (κ2) is 10.9. The number of fused-ring (bicyclic) bond motifs is 1. The predicted molar refractivity (Wildman–Crippen MR) is 123 cm³/mol. The highest BCUT2D eigenvalue weighted by atomic mass is 32.2. The fraction of sp³-hybridized carbons (Fsp3) is 0.636. The summed E-state index contributed by atoms with van der Waals surface area (Å²) in [6.45, 7) is 5.05. The molecule has 2 N–H and O–H groups in total. The first kappa shape index (κ1) is 23.5. The number of nitrogens with zero attached hydrogens (tertiary/aromatic N) is 3. The highest BCUT2D eigenvalue weighted by molar-refractivity contribution is 7.89. The van der Waals surface area contributed by atoms with Crippen molar-refractivity contribution in [1.29, 1.82) is 0 Å². The Labute approximate surface area is 186 Å². The molecule has 0 atom stereocenters. The average Bonchev–Trinajstić information content (AvgIpc) is 3.20. The van der Waals surface area contributed by atoms with Gasteiger partial charge in [-0.2, -0.15) is 0 Å². The first-order valence-corrected chi connectivity index (χ1v) is 12.8. The van der Waals surface area contributed by atoms with Gasteiger partial charge in [0.05, 0.1) is 5.75 Å². The Kier molecular flexibility index (Phi) is 8.31. The summed E-state index contributed by atoms with van der Waals surface area (Å²) in [5, 5.41) is 6.66. The Hall–Kier alpha value is -2.13. The number of amides is 1. The van der Waals surface area contributed by atoms with Crippen LogP contribution in [0, 0.1) is 0 Å². The van der Waals surface area contributed by atoms with Gasteiger partial charge in [0.15, 0.2) is 5.96 Å². The highest BCUT2D eigenvalue weighted by Gasteiger charge is 2.27. The van der Waals surface area contributed by atoms with E-state index in [9.17, 15) is 13.2 Å². The van der Waals surface area contributed by atoms with E-state index in [0.717, 1.165) is 19.3 Å². The summed E-state index contributed by atoms with van der Waals surface area (Å²) in [7, 11) is -1.39. The average molecular weight is 450 g/mol. The molecule has 0 bridgehead atoms. The number of aliphatic imine (C=N–C) groups is 1. The monoisotopic (exact) mass is 449 g/mol. The minimum absolute atomic E-state index is 0.182. The fourth-order valence-corrected chi connectivity index (χ4v) is 5.71. The molecule has 0 aliphatic carbocycles. The van der Waals surface area contributed by atoms with Gasteiger partial charge in [0.2, 0.25) is 15.9 Å². The molecule has 1 fully saturated rings. The number of hydrogen-bond acceptors (Lipinski definition) is 4. The lowest BCUT2D eigenvalue weighted by molar-refractivity contribution is -0.131. The van der Waals surface area contributed by atoms with E-state index in [0.29, 0.717) is 51.5 Å². The normalized spacial score (nSPS) is 18.1. The van der Waals surface area contributed by atoms with E-state index < -0.39 is 10.0 Å². The van der Waals surface area contributed by atoms with Gasteiger partial charge >= 0.3 is 0 Å². The lowest BCUT2D eigenvalue weighted by Gasteiger charge is -2.32. The number of nitrogens with one attached hydrogen (secondary N) is 2. The first-order chi connectivity index (χ1) is 14.9. The van der Waals surface area contributed by atoms with Crippen LogP contribution < -0.4 is 10.6 Å². The summed E-state index contributed by atoms with van der Waals surface area (Å²) < 4.78 is 26.0. The topological polar surface area (TPSA) is 94.1 Å². The maximum absolute atomic E-state index is 12.5. The summed E-state index contributed by atoms with van der Waals surface area (Å²) in [4.78, 5) is 18.7. The summed E-state index contributed by atoms with van der Waals surface area (Å²) in [6.07, 6.45) is 3.41. The van der Waals surface area contributed by atoms with Crippen molar-refractivity contribution in [3.63, 3.8) is 0 Å². The molecule has 0 spiro atoms. The molecule has 0 radical (unpaired) electrons. The zero-order chi connectivity index (χ0) is 22.3. The number of carbonyl (C=O) groups excluding carboxylic acids is 1. The molecular formula is C22H35N5O3S. The third-order valence-electron chi connectivity index (χ3n) is 5.93. The molecular weight excluding hydrogens is 414 g/mol. The molecule has 8 nitrogen and oxygen atoms in total. The van der Waals surface area contributed by atoms with Crippen molar-refractivity contribution in [3.8, 4) is 0 Å². The first-order valence-electron chi connectivity index (χ1n) is 11.2. The van der Waals surface area contributed by atoms with Crippen LogP contribution in [-0.2, 0) is 27.9 Å². The Morgan fingerprint density at radius 1 is 1.16 bits per heavy atom. The van der Waals surface area contributed by atoms with Gasteiger partial charge in [0, 0.05) is 52.2 Å². The number of rotatable bonds is 8. The second-order valence-electron chi connectivity index (χ2n) is 8.25. The van der Waals surface area contributed by atoms with Crippen molar-refractivity contribution in [2.75, 3.05) is 32.4 Å². The molecule has 0 saturated carbocycles. The Bertz CT molecular complexity index is 854. The maximum atomic E-state index is 12.5. The zero-order valence-corrected chi connectivity index (χ0v) is 19.5. The fourth-order valence-electron chi connectivity index (χ4n) is 4.17. The Morgan fingerprint density at radius 3 is 2.39 bits per heavy atom. The van der Waals surface area contributed by atoms with Crippen LogP contribution in [0.1, 0.15) is 50.2 Å². The minimum Gasteiger partial charge on any atom is -0.356 e. The van der Waals surface area contributed by atoms with Crippen molar-refractivity contribution in [1.82, 2.24) is 19.8 Å². The van der Waals surface area contributed by atoms with E-state index >= 15 is 0 Å². The molecule has 2 aliphatic heterocycles. The summed E-state index contributed by atoms with van der Waals surface area (Å²) >= 11 is 0. The summed E-state index contributed by atoms with van der Waals surface area (Å²) in [5.41, 5.74) is 2.49. The van der Waals surface area contributed by atoms with Crippen LogP contribution in [0.25, 0.3) is 0 Å². The van der Waals surface area contributed by atoms with Crippen LogP contribution >= 0.6 is 0 Å². The van der Waals surface area contributed by atoms with Crippen molar-refractivity contribution in [2.45, 2.75) is 58.2 Å². The number of hydrogen-bond donors (Lipinski definition) is 2. The third-order valence-corrected chi connectivity index (χ3v) is 8.00. The maximum Gasteiger partial charge on any atom is 0.223 e. The molecule has 31 heavy (non-hydrogen) atoms. The smallest absolute Gasteiger partial charge is 0.223 e. The van der Waals surface area contributed by atoms with Gasteiger partial charge in [-0.25, -0.2) is 12.7 Å². The molecule has 1 aromatic carbocycles. The van der Waals surface area contributed by atoms with E-state index in [1.807, 2.05) is 24.0 Å². The van der Waals surface area contributed by atoms with Gasteiger partial charge in [-0.05, 0) is 36.8 Å². The standard InChI is InChI=1S/C22H35N5O3S/c1-3-15-31(29,30)27-13-10-20(11-14-27)25-22(23-2)24-12-6-9-21(28)26-16-18-7-4-5-8-19(18)17-26/h4-5,7-8,20H,3,6,9-17H2,1-2H3,(H2,23,24,25). The van der Waals surface area contributed by atoms with Gasteiger partial charge in [-0.15, -0.1) is 0 Å². The minimum atomic E-state index is -3.12. The van der Waals surface area contributed by atoms with Gasteiger partial charge in [-0.3, -0.25) is 9.79 Å². The molecule has 1 aromatic rings. The van der Waals surface area contributed by atoms with Gasteiger partial charge < -0.3 is 15.5 Å². The van der Waals surface area contributed by atoms with E-state index in [1.165, 1.54) is 11.1 Å². The lowest BCUT2D eigenvalue weighted by atomic mass is 10.1. The van der Waals surface area contributed by atoms with E-state index in [-0.39, 0.29) is 17.7 Å². The number of guanidine groups is 1. The Morgan fingerprint density at radius 2 is 1.81 bits per heavy atom. The quantitative estimate of drug-likeness (QED) is 0.358. The van der Waals surface area contributed by atoms with Crippen LogP contribution in [0.3, 0.4) is 0 Å². The van der Waals surface area contributed by atoms with Crippen LogP contribution in [0.5, 0.6) is 0 Å². The van der Waals surface area contributed by atoms with E-state index in [2.05, 4.69) is 27.8 Å². The SMILES string of the molecule is CCCS(=O)(=O)N1CCC(NC(=NC)NCCCC(=O)N2Cc3ccccc3C2)CC1. The molecule has 2 heterocycles.